The minimum absolute atomic E-state index is 0.0527. The number of aliphatic carboxylic acids is 1. The van der Waals surface area contributed by atoms with E-state index in [9.17, 15) is 24.0 Å². The number of carbonyl (C=O) groups is 5. The summed E-state index contributed by atoms with van der Waals surface area (Å²) in [5.74, 6) is -1.58. The summed E-state index contributed by atoms with van der Waals surface area (Å²) >= 11 is 0. The molecule has 0 radical (unpaired) electrons. The summed E-state index contributed by atoms with van der Waals surface area (Å²) in [6.45, 7) is 10.9. The molecule has 4 N–H and O–H groups in total. The van der Waals surface area contributed by atoms with E-state index in [4.69, 9.17) is 14.6 Å². The summed E-state index contributed by atoms with van der Waals surface area (Å²) in [7, 11) is 0. The zero-order valence-corrected chi connectivity index (χ0v) is 25.5. The Morgan fingerprint density at radius 2 is 1.43 bits per heavy atom. The smallest absolute Gasteiger partial charge is 0.437 e. The fraction of sp³-hybridized carbons (Fsp3) is 0.586. The van der Waals surface area contributed by atoms with Crippen LogP contribution in [0.2, 0.25) is 0 Å². The van der Waals surface area contributed by atoms with Crippen molar-refractivity contribution in [2.24, 2.45) is 4.99 Å². The molecule has 0 unspecified atom stereocenters. The molecule has 0 aliphatic rings. The van der Waals surface area contributed by atoms with Gasteiger partial charge in [0, 0.05) is 32.5 Å². The van der Waals surface area contributed by atoms with Crippen LogP contribution < -0.4 is 16.0 Å². The molecule has 13 nitrogen and oxygen atoms in total. The number of benzene rings is 1. The van der Waals surface area contributed by atoms with E-state index in [1.807, 2.05) is 30.3 Å². The molecule has 0 saturated carbocycles. The lowest BCUT2D eigenvalue weighted by molar-refractivity contribution is -0.137. The summed E-state index contributed by atoms with van der Waals surface area (Å²) in [5, 5.41) is 16.9. The molecule has 0 atom stereocenters. The van der Waals surface area contributed by atoms with Crippen molar-refractivity contribution in [3.8, 4) is 0 Å². The van der Waals surface area contributed by atoms with E-state index < -0.39 is 41.3 Å². The van der Waals surface area contributed by atoms with Gasteiger partial charge in [0.1, 0.15) is 11.2 Å². The van der Waals surface area contributed by atoms with Crippen LogP contribution in [0.4, 0.5) is 14.4 Å². The molecule has 0 spiro atoms. The maximum Gasteiger partial charge on any atom is 0.437 e. The second-order valence-corrected chi connectivity index (χ2v) is 11.5. The van der Waals surface area contributed by atoms with Crippen molar-refractivity contribution in [3.63, 3.8) is 0 Å². The summed E-state index contributed by atoms with van der Waals surface area (Å²) in [5.41, 5.74) is -0.572. The molecule has 13 heteroatoms. The highest BCUT2D eigenvalue weighted by molar-refractivity contribution is 5.99. The van der Waals surface area contributed by atoms with Crippen LogP contribution in [-0.2, 0) is 25.5 Å². The van der Waals surface area contributed by atoms with Crippen LogP contribution >= 0.6 is 0 Å². The number of hydrogen-bond donors (Lipinski definition) is 4. The van der Waals surface area contributed by atoms with Crippen LogP contribution in [0.25, 0.3) is 0 Å². The van der Waals surface area contributed by atoms with Gasteiger partial charge < -0.3 is 25.2 Å². The van der Waals surface area contributed by atoms with Gasteiger partial charge in [0.2, 0.25) is 11.9 Å². The van der Waals surface area contributed by atoms with Gasteiger partial charge >= 0.3 is 24.2 Å². The molecule has 0 bridgehead atoms. The van der Waals surface area contributed by atoms with Gasteiger partial charge in [-0.2, -0.15) is 0 Å². The van der Waals surface area contributed by atoms with Gasteiger partial charge in [-0.3, -0.25) is 19.8 Å². The van der Waals surface area contributed by atoms with E-state index in [2.05, 4.69) is 20.9 Å². The third-order valence-electron chi connectivity index (χ3n) is 5.18. The maximum atomic E-state index is 12.8. The standard InChI is InChI=1S/C29H45N5O8/c1-28(2,3)41-26(39)32-24(33-27(40)42-29(4,5)6)30-18-10-11-19-31-25(38)34(22(35)15-12-16-23(36)37)20-17-21-13-8-7-9-14-21/h7-9,13-14H,10-12,15-20H2,1-6H3,(H,31,38)(H,36,37)(H2,30,32,33,39,40). The Morgan fingerprint density at radius 3 is 2.00 bits per heavy atom. The number of aliphatic imine (C=N–C) groups is 1. The van der Waals surface area contributed by atoms with Crippen LogP contribution in [-0.4, -0.2) is 76.9 Å². The lowest BCUT2D eigenvalue weighted by Gasteiger charge is -2.22. The number of guanidine groups is 1. The van der Waals surface area contributed by atoms with Crippen LogP contribution in [0.5, 0.6) is 0 Å². The number of hydrogen-bond acceptors (Lipinski definition) is 7. The number of urea groups is 1. The van der Waals surface area contributed by atoms with Crippen LogP contribution in [0.1, 0.15) is 79.2 Å². The second-order valence-electron chi connectivity index (χ2n) is 11.5. The molecule has 0 heterocycles. The molecule has 5 amide bonds. The zero-order valence-electron chi connectivity index (χ0n) is 25.5. The SMILES string of the molecule is CC(C)(C)OC(=O)/N=C(\NCCCCNC(=O)N(CCc1ccccc1)C(=O)CCCC(=O)O)NC(=O)OC(C)(C)C. The van der Waals surface area contributed by atoms with Gasteiger partial charge in [0.25, 0.3) is 0 Å². The number of unbranched alkanes of at least 4 members (excludes halogenated alkanes) is 1. The van der Waals surface area contributed by atoms with Crippen LogP contribution in [0.15, 0.2) is 35.3 Å². The van der Waals surface area contributed by atoms with Crippen molar-refractivity contribution in [1.82, 2.24) is 20.9 Å². The molecule has 0 saturated heterocycles. The van der Waals surface area contributed by atoms with Crippen molar-refractivity contribution >= 4 is 36.1 Å². The molecule has 1 rings (SSSR count). The normalized spacial score (nSPS) is 11.7. The molecule has 234 valence electrons. The Morgan fingerprint density at radius 1 is 0.833 bits per heavy atom. The molecular weight excluding hydrogens is 546 g/mol. The average molecular weight is 592 g/mol. The molecule has 0 aliphatic heterocycles. The second kappa shape index (κ2) is 17.6. The number of nitrogens with zero attached hydrogens (tertiary/aromatic N) is 2. The maximum absolute atomic E-state index is 12.8. The first-order valence-corrected chi connectivity index (χ1v) is 13.9. The predicted octanol–water partition coefficient (Wildman–Crippen LogP) is 4.21. The Kier molecular flexibility index (Phi) is 15.0. The highest BCUT2D eigenvalue weighted by atomic mass is 16.6. The molecular formula is C29H45N5O8. The average Bonchev–Trinajstić information content (AvgIpc) is 2.84. The minimum Gasteiger partial charge on any atom is -0.481 e. The summed E-state index contributed by atoms with van der Waals surface area (Å²) in [6.07, 6.45) is -0.278. The van der Waals surface area contributed by atoms with Gasteiger partial charge in [-0.05, 0) is 72.8 Å². The highest BCUT2D eigenvalue weighted by Crippen LogP contribution is 2.09. The van der Waals surface area contributed by atoms with E-state index >= 15 is 0 Å². The molecule has 42 heavy (non-hydrogen) atoms. The quantitative estimate of drug-likeness (QED) is 0.158. The Hall–Kier alpha value is -4.16. The van der Waals surface area contributed by atoms with Gasteiger partial charge in [0.15, 0.2) is 0 Å². The Bertz CT molecular complexity index is 1080. The summed E-state index contributed by atoms with van der Waals surface area (Å²) in [6, 6.07) is 8.86. The predicted molar refractivity (Wildman–Crippen MR) is 157 cm³/mol. The van der Waals surface area contributed by atoms with Crippen LogP contribution in [0, 0.1) is 0 Å². The number of ether oxygens (including phenoxy) is 2. The third kappa shape index (κ3) is 17.5. The molecule has 0 aromatic heterocycles. The van der Waals surface area contributed by atoms with Crippen molar-refractivity contribution < 1.29 is 38.6 Å². The number of amides is 5. The molecule has 1 aromatic carbocycles. The molecule has 1 aromatic rings. The summed E-state index contributed by atoms with van der Waals surface area (Å²) < 4.78 is 10.4. The Labute approximate surface area is 247 Å². The fourth-order valence-corrected chi connectivity index (χ4v) is 3.39. The first-order valence-electron chi connectivity index (χ1n) is 13.9. The first kappa shape index (κ1) is 35.9. The summed E-state index contributed by atoms with van der Waals surface area (Å²) in [4.78, 5) is 65.6. The van der Waals surface area contributed by atoms with Gasteiger partial charge in [-0.25, -0.2) is 14.4 Å². The largest absolute Gasteiger partial charge is 0.481 e. The van der Waals surface area contributed by atoms with Gasteiger partial charge in [-0.1, -0.05) is 30.3 Å². The van der Waals surface area contributed by atoms with Crippen molar-refractivity contribution in [2.75, 3.05) is 19.6 Å². The lowest BCUT2D eigenvalue weighted by atomic mass is 10.1. The van der Waals surface area contributed by atoms with E-state index in [1.54, 1.807) is 41.5 Å². The first-order chi connectivity index (χ1) is 19.6. The van der Waals surface area contributed by atoms with Crippen molar-refractivity contribution in [1.29, 1.82) is 0 Å². The van der Waals surface area contributed by atoms with E-state index in [1.165, 1.54) is 0 Å². The number of nitrogens with one attached hydrogen (secondary N) is 3. The van der Waals surface area contributed by atoms with Crippen molar-refractivity contribution in [3.05, 3.63) is 35.9 Å². The highest BCUT2D eigenvalue weighted by Gasteiger charge is 2.22. The number of carboxylic acid groups (broad SMARTS) is 1. The van der Waals surface area contributed by atoms with E-state index in [-0.39, 0.29) is 38.3 Å². The fourth-order valence-electron chi connectivity index (χ4n) is 3.39. The van der Waals surface area contributed by atoms with Crippen molar-refractivity contribution in [2.45, 2.75) is 91.3 Å². The van der Waals surface area contributed by atoms with Gasteiger partial charge in [0.05, 0.1) is 0 Å². The number of carbonyl (C=O) groups excluding carboxylic acids is 4. The number of carboxylic acids is 1. The van der Waals surface area contributed by atoms with E-state index in [0.29, 0.717) is 25.8 Å². The number of imide groups is 1. The topological polar surface area (TPSA) is 176 Å². The zero-order chi connectivity index (χ0) is 31.8. The van der Waals surface area contributed by atoms with E-state index in [0.717, 1.165) is 10.5 Å². The number of alkyl carbamates (subject to hydrolysis) is 1. The number of rotatable bonds is 12. The Balaban J connectivity index is 2.66. The lowest BCUT2D eigenvalue weighted by Crippen LogP contribution is -2.45. The molecule has 0 fully saturated rings. The molecule has 0 aliphatic carbocycles. The minimum atomic E-state index is -1.00. The van der Waals surface area contributed by atoms with Crippen LogP contribution in [0.3, 0.4) is 0 Å². The van der Waals surface area contributed by atoms with Gasteiger partial charge in [-0.15, -0.1) is 4.99 Å². The monoisotopic (exact) mass is 591 g/mol. The third-order valence-corrected chi connectivity index (χ3v) is 5.18.